The van der Waals surface area contributed by atoms with Crippen LogP contribution in [-0.2, 0) is 5.41 Å². The summed E-state index contributed by atoms with van der Waals surface area (Å²) in [5.74, 6) is 2.26. The summed E-state index contributed by atoms with van der Waals surface area (Å²) in [6, 6.07) is 43.1. The molecule has 4 aromatic carbocycles. The number of rotatable bonds is 3. The molecule has 0 N–H and O–H groups in total. The summed E-state index contributed by atoms with van der Waals surface area (Å²) in [5, 5.41) is 0. The Morgan fingerprint density at radius 2 is 1.29 bits per heavy atom. The van der Waals surface area contributed by atoms with Crippen molar-refractivity contribution in [1.82, 2.24) is 9.97 Å². The van der Waals surface area contributed by atoms with Gasteiger partial charge in [0.2, 0.25) is 0 Å². The molecular formula is C42H30N2O. The van der Waals surface area contributed by atoms with Crippen LogP contribution in [0.2, 0.25) is 0 Å². The maximum atomic E-state index is 6.85. The molecule has 0 saturated heterocycles. The summed E-state index contributed by atoms with van der Waals surface area (Å²) in [7, 11) is 0. The Morgan fingerprint density at radius 3 is 2.04 bits per heavy atom. The maximum Gasteiger partial charge on any atom is 0.141 e. The molecule has 0 fully saturated rings. The van der Waals surface area contributed by atoms with Gasteiger partial charge < -0.3 is 4.74 Å². The van der Waals surface area contributed by atoms with E-state index in [4.69, 9.17) is 14.7 Å². The van der Waals surface area contributed by atoms with Crippen LogP contribution in [0.15, 0.2) is 146 Å². The van der Waals surface area contributed by atoms with Crippen LogP contribution in [0.3, 0.4) is 0 Å². The van der Waals surface area contributed by atoms with Gasteiger partial charge >= 0.3 is 0 Å². The SMILES string of the molecule is CC1C=CC=C(c2ccc(-c3cccc(-c4cccc5c4Oc4ccccc4C54c5ccccc5-c5ccccc54)n3)cn2)C1. The Hall–Kier alpha value is -5.54. The van der Waals surface area contributed by atoms with Gasteiger partial charge in [0.05, 0.1) is 22.5 Å². The average Bonchev–Trinajstić information content (AvgIpc) is 3.39. The summed E-state index contributed by atoms with van der Waals surface area (Å²) >= 11 is 0. The van der Waals surface area contributed by atoms with Gasteiger partial charge in [0.1, 0.15) is 11.5 Å². The van der Waals surface area contributed by atoms with Crippen LogP contribution in [-0.4, -0.2) is 9.97 Å². The number of hydrogen-bond acceptors (Lipinski definition) is 3. The fourth-order valence-electron chi connectivity index (χ4n) is 7.59. The lowest BCUT2D eigenvalue weighted by Gasteiger charge is -2.40. The number of hydrogen-bond donors (Lipinski definition) is 0. The molecule has 9 rings (SSSR count). The topological polar surface area (TPSA) is 35.0 Å². The van der Waals surface area contributed by atoms with Crippen LogP contribution in [0.25, 0.3) is 39.2 Å². The van der Waals surface area contributed by atoms with Crippen molar-refractivity contribution in [1.29, 1.82) is 0 Å². The van der Waals surface area contributed by atoms with Gasteiger partial charge in [-0.25, -0.2) is 4.98 Å². The number of benzene rings is 4. The lowest BCUT2D eigenvalue weighted by Crippen LogP contribution is -2.32. The normalized spacial score (nSPS) is 16.6. The molecule has 2 aliphatic carbocycles. The van der Waals surface area contributed by atoms with Crippen LogP contribution in [0, 0.1) is 5.92 Å². The first-order chi connectivity index (χ1) is 22.2. The monoisotopic (exact) mass is 578 g/mol. The van der Waals surface area contributed by atoms with Gasteiger partial charge in [-0.1, -0.05) is 110 Å². The van der Waals surface area contributed by atoms with Gasteiger partial charge in [-0.2, -0.15) is 0 Å². The largest absolute Gasteiger partial charge is 0.456 e. The summed E-state index contributed by atoms with van der Waals surface area (Å²) in [5.41, 5.74) is 12.9. The maximum absolute atomic E-state index is 6.85. The van der Waals surface area contributed by atoms with Crippen molar-refractivity contribution in [3.05, 3.63) is 174 Å². The Kier molecular flexibility index (Phi) is 5.76. The van der Waals surface area contributed by atoms with Gasteiger partial charge in [-0.15, -0.1) is 0 Å². The van der Waals surface area contributed by atoms with Crippen molar-refractivity contribution in [2.75, 3.05) is 0 Å². The highest BCUT2D eigenvalue weighted by molar-refractivity contribution is 5.90. The number of ether oxygens (including phenoxy) is 1. The molecule has 0 amide bonds. The van der Waals surface area contributed by atoms with E-state index in [1.54, 1.807) is 0 Å². The van der Waals surface area contributed by atoms with E-state index in [9.17, 15) is 0 Å². The molecule has 0 bridgehead atoms. The minimum Gasteiger partial charge on any atom is -0.456 e. The van der Waals surface area contributed by atoms with E-state index in [1.165, 1.54) is 27.8 Å². The van der Waals surface area contributed by atoms with E-state index < -0.39 is 5.41 Å². The van der Waals surface area contributed by atoms with E-state index in [1.807, 2.05) is 6.20 Å². The molecule has 0 saturated carbocycles. The predicted octanol–water partition coefficient (Wildman–Crippen LogP) is 10.3. The van der Waals surface area contributed by atoms with Gasteiger partial charge in [-0.3, -0.25) is 4.98 Å². The van der Waals surface area contributed by atoms with Gasteiger partial charge in [0, 0.05) is 28.5 Å². The highest BCUT2D eigenvalue weighted by Gasteiger charge is 2.51. The molecule has 1 aliphatic heterocycles. The highest BCUT2D eigenvalue weighted by atomic mass is 16.5. The zero-order valence-electron chi connectivity index (χ0n) is 24.9. The third-order valence-corrected chi connectivity index (χ3v) is 9.57. The fourth-order valence-corrected chi connectivity index (χ4v) is 7.59. The molecule has 3 nitrogen and oxygen atoms in total. The highest BCUT2D eigenvalue weighted by Crippen LogP contribution is 2.63. The van der Waals surface area contributed by atoms with Crippen LogP contribution in [0.1, 0.15) is 41.3 Å². The van der Waals surface area contributed by atoms with E-state index in [-0.39, 0.29) is 0 Å². The van der Waals surface area contributed by atoms with Crippen molar-refractivity contribution >= 4 is 5.57 Å². The standard InChI is InChI=1S/C42H30N2O/c1-27-11-8-12-28(25-27)37-24-23-29(26-43-37)38-20-10-21-39(44-38)32-15-9-19-36-41(32)45-40-22-7-6-18-35(40)42(36)33-16-4-2-13-30(33)31-14-3-5-17-34(31)42/h2-24,26-27H,25H2,1H3. The zero-order valence-corrected chi connectivity index (χ0v) is 24.9. The van der Waals surface area contributed by atoms with Crippen LogP contribution < -0.4 is 4.74 Å². The second-order valence-electron chi connectivity index (χ2n) is 12.2. The molecule has 1 atom stereocenters. The molecule has 3 aliphatic rings. The van der Waals surface area contributed by atoms with Crippen molar-refractivity contribution in [2.24, 2.45) is 5.92 Å². The second kappa shape index (κ2) is 10.0. The Morgan fingerprint density at radius 1 is 0.622 bits per heavy atom. The zero-order chi connectivity index (χ0) is 30.0. The third kappa shape index (κ3) is 3.84. The summed E-state index contributed by atoms with van der Waals surface area (Å²) < 4.78 is 6.85. The van der Waals surface area contributed by atoms with Crippen molar-refractivity contribution in [3.8, 4) is 45.1 Å². The van der Waals surface area contributed by atoms with E-state index in [2.05, 4.69) is 146 Å². The van der Waals surface area contributed by atoms with E-state index in [0.29, 0.717) is 5.92 Å². The van der Waals surface area contributed by atoms with Gasteiger partial charge in [0.15, 0.2) is 0 Å². The molecule has 2 aromatic heterocycles. The van der Waals surface area contributed by atoms with Crippen LogP contribution >= 0.6 is 0 Å². The molecule has 3 heterocycles. The lowest BCUT2D eigenvalue weighted by atomic mass is 9.65. The molecule has 1 spiro atoms. The third-order valence-electron chi connectivity index (χ3n) is 9.57. The second-order valence-corrected chi connectivity index (χ2v) is 12.2. The molecule has 45 heavy (non-hydrogen) atoms. The quantitative estimate of drug-likeness (QED) is 0.209. The summed E-state index contributed by atoms with van der Waals surface area (Å²) in [4.78, 5) is 10.0. The first kappa shape index (κ1) is 25.9. The number of nitrogens with zero attached hydrogens (tertiary/aromatic N) is 2. The number of pyridine rings is 2. The number of allylic oxidation sites excluding steroid dienone is 4. The Bertz CT molecular complexity index is 2140. The van der Waals surface area contributed by atoms with E-state index >= 15 is 0 Å². The molecule has 0 radical (unpaired) electrons. The summed E-state index contributed by atoms with van der Waals surface area (Å²) in [6.07, 6.45) is 9.50. The Balaban J connectivity index is 1.20. The van der Waals surface area contributed by atoms with Crippen LogP contribution in [0.5, 0.6) is 11.5 Å². The van der Waals surface area contributed by atoms with Crippen LogP contribution in [0.4, 0.5) is 0 Å². The van der Waals surface area contributed by atoms with Gasteiger partial charge in [0.25, 0.3) is 0 Å². The smallest absolute Gasteiger partial charge is 0.141 e. The first-order valence-electron chi connectivity index (χ1n) is 15.6. The molecule has 3 heteroatoms. The minimum absolute atomic E-state index is 0.495. The van der Waals surface area contributed by atoms with Crippen molar-refractivity contribution in [2.45, 2.75) is 18.8 Å². The van der Waals surface area contributed by atoms with E-state index in [0.717, 1.165) is 57.3 Å². The predicted molar refractivity (Wildman–Crippen MR) is 181 cm³/mol. The van der Waals surface area contributed by atoms with Crippen molar-refractivity contribution < 1.29 is 4.74 Å². The fraction of sp³-hybridized carbons (Fsp3) is 0.0952. The van der Waals surface area contributed by atoms with Gasteiger partial charge in [-0.05, 0) is 76.6 Å². The number of para-hydroxylation sites is 2. The minimum atomic E-state index is -0.495. The number of fused-ring (bicyclic) bond motifs is 9. The molecule has 6 aromatic rings. The molecule has 214 valence electrons. The molecular weight excluding hydrogens is 548 g/mol. The lowest BCUT2D eigenvalue weighted by molar-refractivity contribution is 0.438. The number of aromatic nitrogens is 2. The average molecular weight is 579 g/mol. The molecule has 1 unspecified atom stereocenters. The first-order valence-corrected chi connectivity index (χ1v) is 15.6. The Labute approximate surface area is 263 Å². The van der Waals surface area contributed by atoms with Crippen molar-refractivity contribution in [3.63, 3.8) is 0 Å². The summed E-state index contributed by atoms with van der Waals surface area (Å²) in [6.45, 7) is 2.24.